The summed E-state index contributed by atoms with van der Waals surface area (Å²) in [5, 5.41) is 0. The highest BCUT2D eigenvalue weighted by Crippen LogP contribution is 2.35. The summed E-state index contributed by atoms with van der Waals surface area (Å²) in [4.78, 5) is 57.0. The Kier molecular flexibility index (Phi) is 25.5. The van der Waals surface area contributed by atoms with Gasteiger partial charge in [0.1, 0.15) is 48.6 Å². The van der Waals surface area contributed by atoms with E-state index in [1.54, 1.807) is 36.4 Å². The molecule has 0 atom stereocenters. The van der Waals surface area contributed by atoms with Crippen molar-refractivity contribution >= 4 is 34.9 Å². The lowest BCUT2D eigenvalue weighted by atomic mass is 10.0. The van der Waals surface area contributed by atoms with Gasteiger partial charge in [0.25, 0.3) is 0 Å². The number of hydrogen-bond acceptors (Lipinski definition) is 15. The van der Waals surface area contributed by atoms with E-state index in [1.165, 1.54) is 6.08 Å². The highest BCUT2D eigenvalue weighted by Gasteiger charge is 2.17. The minimum absolute atomic E-state index is 0.123. The molecule has 0 unspecified atom stereocenters. The van der Waals surface area contributed by atoms with Gasteiger partial charge in [-0.3, -0.25) is 0 Å². The Labute approximate surface area is 457 Å². The van der Waals surface area contributed by atoms with Crippen molar-refractivity contribution in [2.75, 3.05) is 52.9 Å². The molecular weight excluding hydrogens is 993 g/mol. The standard InChI is InChI=1S/C63H70N2O13/c1-4-58(66)74-37-17-12-10-8-7-9-11-15-36-72-53-23-19-21-49(43-53)62-61(64-56-34-33-55(45-57(56)65-62)73-41-39-70-40-42-76-60(68)6-3)50-22-20-24-54(44-50)77-46-47-25-27-48(28-26-47)63(69)78-52-31-29-51(30-32-52)71-35-16-13-14-18-38-75-59(67)5-2/h4-6,19-34,43-45H,1-3,7-18,35-42,46H2. The summed E-state index contributed by atoms with van der Waals surface area (Å²) in [5.41, 5.74) is 5.48. The number of unbranched alkanes of at least 4 members (excludes halogenated alkanes) is 10. The van der Waals surface area contributed by atoms with Gasteiger partial charge in [0, 0.05) is 35.4 Å². The highest BCUT2D eigenvalue weighted by atomic mass is 16.6. The number of rotatable bonds is 37. The number of fused-ring (bicyclic) bond motifs is 1. The molecule has 0 bridgehead atoms. The predicted octanol–water partition coefficient (Wildman–Crippen LogP) is 12.8. The van der Waals surface area contributed by atoms with Crippen molar-refractivity contribution in [3.05, 3.63) is 164 Å². The van der Waals surface area contributed by atoms with Gasteiger partial charge >= 0.3 is 23.9 Å². The van der Waals surface area contributed by atoms with Crippen molar-refractivity contribution in [1.82, 2.24) is 9.97 Å². The molecule has 0 spiro atoms. The Morgan fingerprint density at radius 2 is 0.846 bits per heavy atom. The van der Waals surface area contributed by atoms with Crippen molar-refractivity contribution in [2.24, 2.45) is 0 Å². The van der Waals surface area contributed by atoms with E-state index in [0.29, 0.717) is 84.0 Å². The van der Waals surface area contributed by atoms with E-state index in [4.69, 9.17) is 52.6 Å². The zero-order valence-corrected chi connectivity index (χ0v) is 44.4. The number of carbonyl (C=O) groups excluding carboxylic acids is 4. The zero-order valence-electron chi connectivity index (χ0n) is 44.4. The van der Waals surface area contributed by atoms with E-state index in [9.17, 15) is 19.2 Å². The van der Waals surface area contributed by atoms with Crippen LogP contribution in [-0.4, -0.2) is 86.7 Å². The molecule has 6 rings (SSSR count). The first-order valence-electron chi connectivity index (χ1n) is 26.6. The Balaban J connectivity index is 1.04. The number of benzene rings is 5. The molecule has 5 aromatic carbocycles. The smallest absolute Gasteiger partial charge is 0.343 e. The molecule has 0 fully saturated rings. The number of ether oxygens (including phenoxy) is 9. The molecule has 15 nitrogen and oxygen atoms in total. The van der Waals surface area contributed by atoms with Crippen molar-refractivity contribution in [1.29, 1.82) is 0 Å². The Morgan fingerprint density at radius 3 is 1.42 bits per heavy atom. The lowest BCUT2D eigenvalue weighted by molar-refractivity contribution is -0.139. The number of hydrogen-bond donors (Lipinski definition) is 0. The zero-order chi connectivity index (χ0) is 55.0. The van der Waals surface area contributed by atoms with Crippen LogP contribution in [0.1, 0.15) is 93.0 Å². The molecule has 1 aromatic heterocycles. The average molecular weight is 1060 g/mol. The summed E-state index contributed by atoms with van der Waals surface area (Å²) in [7, 11) is 0. The first kappa shape index (κ1) is 59.0. The SMILES string of the molecule is C=CC(=O)OCCCCCCCCCCOc1cccc(-c2nc3cc(OCCOCCOC(=O)C=C)ccc3nc2-c2cccc(OCc3ccc(C(=O)Oc4ccc(OCCCCCCOC(=O)C=C)cc4)cc3)c2)c1. The summed E-state index contributed by atoms with van der Waals surface area (Å²) in [6.07, 6.45) is 15.4. The number of nitrogens with zero attached hydrogens (tertiary/aromatic N) is 2. The van der Waals surface area contributed by atoms with Crippen LogP contribution in [0.3, 0.4) is 0 Å². The average Bonchev–Trinajstić information content (AvgIpc) is 3.53. The van der Waals surface area contributed by atoms with Gasteiger partial charge in [-0.2, -0.15) is 0 Å². The minimum atomic E-state index is -0.500. The molecule has 1 heterocycles. The number of aromatic nitrogens is 2. The van der Waals surface area contributed by atoms with E-state index < -0.39 is 17.9 Å². The van der Waals surface area contributed by atoms with E-state index in [0.717, 1.165) is 112 Å². The largest absolute Gasteiger partial charge is 0.494 e. The molecule has 0 amide bonds. The maximum Gasteiger partial charge on any atom is 0.343 e. The first-order chi connectivity index (χ1) is 38.2. The summed E-state index contributed by atoms with van der Waals surface area (Å²) in [6, 6.07) is 35.2. The van der Waals surface area contributed by atoms with Crippen molar-refractivity contribution in [2.45, 2.75) is 83.7 Å². The van der Waals surface area contributed by atoms with E-state index >= 15 is 0 Å². The lowest BCUT2D eigenvalue weighted by Crippen LogP contribution is -2.12. The molecule has 0 radical (unpaired) electrons. The first-order valence-corrected chi connectivity index (χ1v) is 26.6. The monoisotopic (exact) mass is 1060 g/mol. The molecule has 78 heavy (non-hydrogen) atoms. The van der Waals surface area contributed by atoms with Crippen LogP contribution in [-0.2, 0) is 39.9 Å². The topological polar surface area (TPSA) is 177 Å². The van der Waals surface area contributed by atoms with Gasteiger partial charge in [0.15, 0.2) is 0 Å². The third kappa shape index (κ3) is 21.0. The molecule has 0 aliphatic rings. The van der Waals surface area contributed by atoms with Crippen molar-refractivity contribution in [3.63, 3.8) is 0 Å². The van der Waals surface area contributed by atoms with Crippen LogP contribution in [0.25, 0.3) is 33.5 Å². The van der Waals surface area contributed by atoms with Crippen LogP contribution < -0.4 is 23.7 Å². The molecule has 410 valence electrons. The van der Waals surface area contributed by atoms with Crippen LogP contribution in [0.5, 0.6) is 28.7 Å². The number of esters is 4. The summed E-state index contributed by atoms with van der Waals surface area (Å²) < 4.78 is 50.6. The second kappa shape index (κ2) is 33.7. The second-order valence-corrected chi connectivity index (χ2v) is 18.0. The van der Waals surface area contributed by atoms with E-state index in [2.05, 4.69) is 19.7 Å². The van der Waals surface area contributed by atoms with Crippen LogP contribution in [0, 0.1) is 0 Å². The van der Waals surface area contributed by atoms with Crippen molar-refractivity contribution < 1.29 is 61.8 Å². The fourth-order valence-corrected chi connectivity index (χ4v) is 7.91. The van der Waals surface area contributed by atoms with Gasteiger partial charge in [-0.15, -0.1) is 0 Å². The molecule has 0 saturated heterocycles. The van der Waals surface area contributed by atoms with Crippen molar-refractivity contribution in [3.8, 4) is 51.3 Å². The molecule has 6 aromatic rings. The third-order valence-corrected chi connectivity index (χ3v) is 12.1. The van der Waals surface area contributed by atoms with Gasteiger partial charge in [-0.05, 0) is 117 Å². The molecule has 15 heteroatoms. The molecule has 0 N–H and O–H groups in total. The fraction of sp³-hybridized carbons (Fsp3) is 0.333. The van der Waals surface area contributed by atoms with Gasteiger partial charge in [-0.25, -0.2) is 29.1 Å². The second-order valence-electron chi connectivity index (χ2n) is 18.0. The molecule has 0 aliphatic carbocycles. The summed E-state index contributed by atoms with van der Waals surface area (Å²) in [6.45, 7) is 13.3. The third-order valence-electron chi connectivity index (χ3n) is 12.1. The summed E-state index contributed by atoms with van der Waals surface area (Å²) >= 11 is 0. The van der Waals surface area contributed by atoms with E-state index in [-0.39, 0.29) is 32.4 Å². The number of carbonyl (C=O) groups is 4. The van der Waals surface area contributed by atoms with Crippen LogP contribution in [0.15, 0.2) is 153 Å². The van der Waals surface area contributed by atoms with Gasteiger partial charge in [-0.1, -0.05) is 94.7 Å². The van der Waals surface area contributed by atoms with Gasteiger partial charge in [0.2, 0.25) is 0 Å². The summed E-state index contributed by atoms with van der Waals surface area (Å²) in [5.74, 6) is 1.26. The van der Waals surface area contributed by atoms with Crippen LogP contribution >= 0.6 is 0 Å². The van der Waals surface area contributed by atoms with E-state index in [1.807, 2.05) is 78.9 Å². The Morgan fingerprint density at radius 1 is 0.397 bits per heavy atom. The van der Waals surface area contributed by atoms with Crippen LogP contribution in [0.2, 0.25) is 0 Å². The maximum absolute atomic E-state index is 13.1. The maximum atomic E-state index is 13.1. The van der Waals surface area contributed by atoms with Gasteiger partial charge < -0.3 is 42.6 Å². The normalized spacial score (nSPS) is 10.8. The quantitative estimate of drug-likeness (QED) is 0.0118. The molecular formula is C63H70N2O13. The van der Waals surface area contributed by atoms with Crippen LogP contribution in [0.4, 0.5) is 0 Å². The highest BCUT2D eigenvalue weighted by molar-refractivity contribution is 5.91. The minimum Gasteiger partial charge on any atom is -0.494 e. The Hall–Kier alpha value is -8.30. The molecule has 0 saturated carbocycles. The molecule has 0 aliphatic heterocycles. The Bertz CT molecular complexity index is 2870. The fourth-order valence-electron chi connectivity index (χ4n) is 7.91. The lowest BCUT2D eigenvalue weighted by Gasteiger charge is -2.14. The van der Waals surface area contributed by atoms with Gasteiger partial charge in [0.05, 0.1) is 67.6 Å². The predicted molar refractivity (Wildman–Crippen MR) is 299 cm³/mol.